The summed E-state index contributed by atoms with van der Waals surface area (Å²) >= 11 is 0. The molecule has 0 atom stereocenters. The van der Waals surface area contributed by atoms with Gasteiger partial charge in [-0.05, 0) is 11.1 Å². The van der Waals surface area contributed by atoms with Gasteiger partial charge >= 0.3 is 0 Å². The van der Waals surface area contributed by atoms with Crippen molar-refractivity contribution in [3.8, 4) is 0 Å². The minimum Gasteiger partial charge on any atom is -0.145 e. The SMILES string of the molecule is CC(C)/C=C/N=O. The van der Waals surface area contributed by atoms with Crippen LogP contribution in [0.5, 0.6) is 0 Å². The lowest BCUT2D eigenvalue weighted by Crippen LogP contribution is -1.73. The number of hydrogen-bond donors (Lipinski definition) is 0. The first-order valence-electron chi connectivity index (χ1n) is 2.26. The summed E-state index contributed by atoms with van der Waals surface area (Å²) in [4.78, 5) is 9.37. The van der Waals surface area contributed by atoms with E-state index in [9.17, 15) is 4.91 Å². The molecule has 2 nitrogen and oxygen atoms in total. The van der Waals surface area contributed by atoms with E-state index in [1.54, 1.807) is 6.08 Å². The Hall–Kier alpha value is -0.660. The van der Waals surface area contributed by atoms with E-state index < -0.39 is 0 Å². The number of hydrogen-bond acceptors (Lipinski definition) is 2. The minimum absolute atomic E-state index is 0.428. The lowest BCUT2D eigenvalue weighted by atomic mass is 10.2. The van der Waals surface area contributed by atoms with Crippen LogP contribution in [0.3, 0.4) is 0 Å². The van der Waals surface area contributed by atoms with E-state index in [2.05, 4.69) is 5.18 Å². The molecule has 0 saturated heterocycles. The number of nitrogens with zero attached hydrogens (tertiary/aromatic N) is 1. The van der Waals surface area contributed by atoms with Gasteiger partial charge in [0.15, 0.2) is 0 Å². The van der Waals surface area contributed by atoms with E-state index in [4.69, 9.17) is 0 Å². The summed E-state index contributed by atoms with van der Waals surface area (Å²) in [6.07, 6.45) is 3.01. The Morgan fingerprint density at radius 2 is 2.14 bits per heavy atom. The normalized spacial score (nSPS) is 10.7. The summed E-state index contributed by atoms with van der Waals surface area (Å²) < 4.78 is 0. The lowest BCUT2D eigenvalue weighted by Gasteiger charge is -1.85. The summed E-state index contributed by atoms with van der Waals surface area (Å²) in [6, 6.07) is 0. The van der Waals surface area contributed by atoms with Crippen LogP contribution in [0.15, 0.2) is 17.5 Å². The molecule has 0 amide bonds. The summed E-state index contributed by atoms with van der Waals surface area (Å²) in [5, 5.41) is 2.55. The first kappa shape index (κ1) is 6.34. The summed E-state index contributed by atoms with van der Waals surface area (Å²) in [5.41, 5.74) is 0. The van der Waals surface area contributed by atoms with Crippen molar-refractivity contribution in [3.63, 3.8) is 0 Å². The molecular formula is C5H9NO. The highest BCUT2D eigenvalue weighted by Gasteiger charge is 1.79. The first-order valence-corrected chi connectivity index (χ1v) is 2.26. The van der Waals surface area contributed by atoms with Crippen LogP contribution in [-0.2, 0) is 0 Å². The fourth-order valence-corrected chi connectivity index (χ4v) is 0.207. The van der Waals surface area contributed by atoms with E-state index in [0.29, 0.717) is 5.92 Å². The highest BCUT2D eigenvalue weighted by atomic mass is 16.2. The van der Waals surface area contributed by atoms with Crippen molar-refractivity contribution in [1.82, 2.24) is 0 Å². The van der Waals surface area contributed by atoms with Crippen molar-refractivity contribution < 1.29 is 0 Å². The monoisotopic (exact) mass is 99.1 g/mol. The van der Waals surface area contributed by atoms with Gasteiger partial charge in [-0.2, -0.15) is 0 Å². The Morgan fingerprint density at radius 1 is 1.57 bits per heavy atom. The lowest BCUT2D eigenvalue weighted by molar-refractivity contribution is 0.829. The van der Waals surface area contributed by atoms with E-state index in [1.807, 2.05) is 13.8 Å². The maximum atomic E-state index is 9.37. The fourth-order valence-electron chi connectivity index (χ4n) is 0.207. The van der Waals surface area contributed by atoms with Crippen LogP contribution in [0.25, 0.3) is 0 Å². The Kier molecular flexibility index (Phi) is 3.19. The molecule has 0 spiro atoms. The summed E-state index contributed by atoms with van der Waals surface area (Å²) in [6.45, 7) is 3.98. The molecule has 0 aromatic heterocycles. The number of allylic oxidation sites excluding steroid dienone is 1. The fraction of sp³-hybridized carbons (Fsp3) is 0.600. The van der Waals surface area contributed by atoms with Crippen molar-refractivity contribution in [1.29, 1.82) is 0 Å². The van der Waals surface area contributed by atoms with Gasteiger partial charge in [0, 0.05) is 0 Å². The van der Waals surface area contributed by atoms with E-state index >= 15 is 0 Å². The molecule has 0 unspecified atom stereocenters. The van der Waals surface area contributed by atoms with Crippen LogP contribution in [-0.4, -0.2) is 0 Å². The van der Waals surface area contributed by atoms with Crippen LogP contribution in [0, 0.1) is 10.8 Å². The quantitative estimate of drug-likeness (QED) is 0.486. The largest absolute Gasteiger partial charge is 0.145 e. The van der Waals surface area contributed by atoms with Gasteiger partial charge in [-0.3, -0.25) is 0 Å². The minimum atomic E-state index is 0.428. The van der Waals surface area contributed by atoms with Gasteiger partial charge in [-0.15, -0.1) is 4.91 Å². The molecule has 7 heavy (non-hydrogen) atoms. The second kappa shape index (κ2) is 3.53. The Bertz CT molecular complexity index is 76.1. The van der Waals surface area contributed by atoms with E-state index in [1.165, 1.54) is 6.20 Å². The van der Waals surface area contributed by atoms with Crippen molar-refractivity contribution >= 4 is 0 Å². The molecule has 0 aromatic carbocycles. The molecular weight excluding hydrogens is 90.1 g/mol. The third-order valence-corrected chi connectivity index (χ3v) is 0.532. The third kappa shape index (κ3) is 5.34. The van der Waals surface area contributed by atoms with Gasteiger partial charge in [0.1, 0.15) is 0 Å². The average molecular weight is 99.1 g/mol. The molecule has 2 heteroatoms. The Balaban J connectivity index is 3.25. The number of rotatable bonds is 2. The predicted octanol–water partition coefficient (Wildman–Crippen LogP) is 1.92. The van der Waals surface area contributed by atoms with Crippen molar-refractivity contribution in [3.05, 3.63) is 17.2 Å². The molecule has 0 saturated carbocycles. The zero-order chi connectivity index (χ0) is 5.70. The highest BCUT2D eigenvalue weighted by molar-refractivity contribution is 4.81. The topological polar surface area (TPSA) is 29.4 Å². The summed E-state index contributed by atoms with van der Waals surface area (Å²) in [7, 11) is 0. The zero-order valence-electron chi connectivity index (χ0n) is 4.59. The van der Waals surface area contributed by atoms with Gasteiger partial charge in [-0.1, -0.05) is 19.9 Å². The predicted molar refractivity (Wildman–Crippen MR) is 29.8 cm³/mol. The van der Waals surface area contributed by atoms with E-state index in [0.717, 1.165) is 0 Å². The third-order valence-electron chi connectivity index (χ3n) is 0.532. The molecule has 0 heterocycles. The molecule has 0 aliphatic heterocycles. The van der Waals surface area contributed by atoms with Crippen molar-refractivity contribution in [2.45, 2.75) is 13.8 Å². The molecule has 0 bridgehead atoms. The molecule has 0 aliphatic rings. The van der Waals surface area contributed by atoms with Gasteiger partial charge in [-0.25, -0.2) is 0 Å². The second-order valence-electron chi connectivity index (χ2n) is 1.69. The van der Waals surface area contributed by atoms with Gasteiger partial charge in [0.05, 0.1) is 6.20 Å². The Labute approximate surface area is 43.2 Å². The second-order valence-corrected chi connectivity index (χ2v) is 1.69. The van der Waals surface area contributed by atoms with Gasteiger partial charge < -0.3 is 0 Å². The smallest absolute Gasteiger partial charge is 0.0677 e. The molecule has 0 aliphatic carbocycles. The zero-order valence-corrected chi connectivity index (χ0v) is 4.59. The maximum absolute atomic E-state index is 9.37. The molecule has 0 radical (unpaired) electrons. The van der Waals surface area contributed by atoms with Crippen molar-refractivity contribution in [2.75, 3.05) is 0 Å². The molecule has 0 rings (SSSR count). The van der Waals surface area contributed by atoms with Crippen molar-refractivity contribution in [2.24, 2.45) is 11.1 Å². The van der Waals surface area contributed by atoms with Crippen LogP contribution in [0.1, 0.15) is 13.8 Å². The first-order chi connectivity index (χ1) is 3.27. The molecule has 40 valence electrons. The standard InChI is InChI=1S/C5H9NO/c1-5(2)3-4-6-7/h3-5H,1-2H3/b4-3+. The van der Waals surface area contributed by atoms with Crippen LogP contribution >= 0.6 is 0 Å². The van der Waals surface area contributed by atoms with Crippen LogP contribution < -0.4 is 0 Å². The summed E-state index contributed by atoms with van der Waals surface area (Å²) in [5.74, 6) is 0.428. The Morgan fingerprint density at radius 3 is 2.29 bits per heavy atom. The molecule has 0 fully saturated rings. The van der Waals surface area contributed by atoms with E-state index in [-0.39, 0.29) is 0 Å². The number of nitroso groups, excluding NO2 is 1. The molecule has 0 aromatic rings. The van der Waals surface area contributed by atoms with Gasteiger partial charge in [0.2, 0.25) is 0 Å². The molecule has 0 N–H and O–H groups in total. The average Bonchev–Trinajstić information content (AvgIpc) is 1.61. The van der Waals surface area contributed by atoms with Crippen LogP contribution in [0.4, 0.5) is 0 Å². The highest BCUT2D eigenvalue weighted by Crippen LogP contribution is 1.91. The van der Waals surface area contributed by atoms with Crippen LogP contribution in [0.2, 0.25) is 0 Å². The maximum Gasteiger partial charge on any atom is 0.0677 e. The van der Waals surface area contributed by atoms with Gasteiger partial charge in [0.25, 0.3) is 0 Å².